The summed E-state index contributed by atoms with van der Waals surface area (Å²) < 4.78 is 1.93. The molecule has 0 aliphatic carbocycles. The van der Waals surface area contributed by atoms with Crippen molar-refractivity contribution in [3.63, 3.8) is 0 Å². The minimum absolute atomic E-state index is 0.308. The van der Waals surface area contributed by atoms with Crippen LogP contribution in [0.25, 0.3) is 0 Å². The van der Waals surface area contributed by atoms with Crippen molar-refractivity contribution in [1.29, 1.82) is 0 Å². The number of nitrogens with zero attached hydrogens (tertiary/aromatic N) is 3. The fraction of sp³-hybridized carbons (Fsp3) is 0.429. The average molecular weight is 244 g/mol. The molecule has 1 unspecified atom stereocenters. The van der Waals surface area contributed by atoms with Crippen LogP contribution in [-0.4, -0.2) is 14.8 Å². The Morgan fingerprint density at radius 1 is 1.33 bits per heavy atom. The molecule has 0 bridgehead atoms. The van der Waals surface area contributed by atoms with Crippen LogP contribution in [0.3, 0.4) is 0 Å². The summed E-state index contributed by atoms with van der Waals surface area (Å²) in [6.45, 7) is 7.18. The van der Waals surface area contributed by atoms with E-state index in [0.717, 1.165) is 12.4 Å². The molecule has 0 fully saturated rings. The Morgan fingerprint density at radius 3 is 2.72 bits per heavy atom. The van der Waals surface area contributed by atoms with Crippen LogP contribution < -0.4 is 5.32 Å². The smallest absolute Gasteiger partial charge is 0.146 e. The first-order valence-electron chi connectivity index (χ1n) is 6.21. The van der Waals surface area contributed by atoms with Gasteiger partial charge in [-0.2, -0.15) is 0 Å². The third-order valence-electron chi connectivity index (χ3n) is 3.26. The maximum absolute atomic E-state index is 4.07. The highest BCUT2D eigenvalue weighted by Gasteiger charge is 2.09. The van der Waals surface area contributed by atoms with Crippen LogP contribution >= 0.6 is 0 Å². The molecule has 1 aromatic carbocycles. The van der Waals surface area contributed by atoms with E-state index in [1.54, 1.807) is 6.33 Å². The molecule has 2 rings (SSSR count). The second kappa shape index (κ2) is 5.31. The fourth-order valence-electron chi connectivity index (χ4n) is 2.13. The third-order valence-corrected chi connectivity index (χ3v) is 3.26. The number of aromatic nitrogens is 3. The molecular weight excluding hydrogens is 224 g/mol. The van der Waals surface area contributed by atoms with Gasteiger partial charge in [0.2, 0.25) is 0 Å². The highest BCUT2D eigenvalue weighted by molar-refractivity contribution is 5.32. The topological polar surface area (TPSA) is 42.7 Å². The summed E-state index contributed by atoms with van der Waals surface area (Å²) >= 11 is 0. The van der Waals surface area contributed by atoms with Gasteiger partial charge in [0.1, 0.15) is 12.2 Å². The van der Waals surface area contributed by atoms with Crippen LogP contribution in [0.2, 0.25) is 0 Å². The van der Waals surface area contributed by atoms with Crippen molar-refractivity contribution in [1.82, 2.24) is 20.1 Å². The molecule has 1 N–H and O–H groups in total. The molecule has 0 aliphatic rings. The van der Waals surface area contributed by atoms with Gasteiger partial charge in [0.05, 0.1) is 6.54 Å². The van der Waals surface area contributed by atoms with Gasteiger partial charge in [-0.1, -0.05) is 23.8 Å². The molecule has 1 heterocycles. The molecule has 1 aromatic heterocycles. The standard InChI is InChI=1S/C14H20N4/c1-10-5-6-13(11(2)7-10)12(3)15-8-14-17-16-9-18(14)4/h5-7,9,12,15H,8H2,1-4H3. The van der Waals surface area contributed by atoms with Crippen molar-refractivity contribution in [2.75, 3.05) is 0 Å². The number of hydrogen-bond acceptors (Lipinski definition) is 3. The molecule has 0 saturated carbocycles. The van der Waals surface area contributed by atoms with Gasteiger partial charge in [-0.05, 0) is 31.9 Å². The van der Waals surface area contributed by atoms with Gasteiger partial charge >= 0.3 is 0 Å². The average Bonchev–Trinajstić information content (AvgIpc) is 2.72. The zero-order chi connectivity index (χ0) is 13.1. The first-order valence-corrected chi connectivity index (χ1v) is 6.21. The lowest BCUT2D eigenvalue weighted by Crippen LogP contribution is -2.20. The monoisotopic (exact) mass is 244 g/mol. The Kier molecular flexibility index (Phi) is 3.77. The van der Waals surface area contributed by atoms with Gasteiger partial charge < -0.3 is 9.88 Å². The first kappa shape index (κ1) is 12.8. The molecule has 1 atom stereocenters. The van der Waals surface area contributed by atoms with E-state index in [0.29, 0.717) is 6.04 Å². The van der Waals surface area contributed by atoms with E-state index in [1.807, 2.05) is 11.6 Å². The second-order valence-corrected chi connectivity index (χ2v) is 4.82. The molecule has 0 amide bonds. The molecule has 4 heteroatoms. The van der Waals surface area contributed by atoms with E-state index >= 15 is 0 Å². The van der Waals surface area contributed by atoms with E-state index in [9.17, 15) is 0 Å². The molecule has 2 aromatic rings. The Hall–Kier alpha value is -1.68. The third kappa shape index (κ3) is 2.76. The zero-order valence-electron chi connectivity index (χ0n) is 11.4. The number of benzene rings is 1. The minimum Gasteiger partial charge on any atom is -0.320 e. The summed E-state index contributed by atoms with van der Waals surface area (Å²) in [6, 6.07) is 6.87. The number of nitrogens with one attached hydrogen (secondary N) is 1. The van der Waals surface area contributed by atoms with E-state index in [4.69, 9.17) is 0 Å². The Balaban J connectivity index is 2.03. The normalized spacial score (nSPS) is 12.7. The van der Waals surface area contributed by atoms with Crippen molar-refractivity contribution < 1.29 is 0 Å². The minimum atomic E-state index is 0.308. The van der Waals surface area contributed by atoms with Crippen molar-refractivity contribution in [3.8, 4) is 0 Å². The summed E-state index contributed by atoms with van der Waals surface area (Å²) in [6.07, 6.45) is 1.72. The SMILES string of the molecule is Cc1ccc(C(C)NCc2nncn2C)c(C)c1. The van der Waals surface area contributed by atoms with Crippen molar-refractivity contribution >= 4 is 0 Å². The summed E-state index contributed by atoms with van der Waals surface area (Å²) in [4.78, 5) is 0. The van der Waals surface area contributed by atoms with Gasteiger partial charge in [0.25, 0.3) is 0 Å². The summed E-state index contributed by atoms with van der Waals surface area (Å²) in [5, 5.41) is 11.4. The van der Waals surface area contributed by atoms with Gasteiger partial charge in [0, 0.05) is 13.1 Å². The van der Waals surface area contributed by atoms with Crippen LogP contribution in [0.4, 0.5) is 0 Å². The van der Waals surface area contributed by atoms with Crippen molar-refractivity contribution in [2.24, 2.45) is 7.05 Å². The number of hydrogen-bond donors (Lipinski definition) is 1. The van der Waals surface area contributed by atoms with Crippen LogP contribution in [0.1, 0.15) is 35.5 Å². The predicted octanol–water partition coefficient (Wildman–Crippen LogP) is 2.28. The van der Waals surface area contributed by atoms with E-state index in [1.165, 1.54) is 16.7 Å². The van der Waals surface area contributed by atoms with Crippen LogP contribution in [0, 0.1) is 13.8 Å². The van der Waals surface area contributed by atoms with Gasteiger partial charge in [0.15, 0.2) is 0 Å². The highest BCUT2D eigenvalue weighted by atomic mass is 15.3. The van der Waals surface area contributed by atoms with Crippen LogP contribution in [0.5, 0.6) is 0 Å². The van der Waals surface area contributed by atoms with Crippen LogP contribution in [0.15, 0.2) is 24.5 Å². The van der Waals surface area contributed by atoms with Crippen LogP contribution in [-0.2, 0) is 13.6 Å². The number of aryl methyl sites for hydroxylation is 3. The van der Waals surface area contributed by atoms with Gasteiger partial charge in [-0.15, -0.1) is 10.2 Å². The van der Waals surface area contributed by atoms with E-state index in [2.05, 4.69) is 54.5 Å². The largest absolute Gasteiger partial charge is 0.320 e. The molecule has 4 nitrogen and oxygen atoms in total. The molecule has 0 saturated heterocycles. The van der Waals surface area contributed by atoms with Crippen molar-refractivity contribution in [3.05, 3.63) is 47.0 Å². The number of rotatable bonds is 4. The highest BCUT2D eigenvalue weighted by Crippen LogP contribution is 2.18. The summed E-state index contributed by atoms with van der Waals surface area (Å²) in [5.74, 6) is 0.951. The molecule has 0 spiro atoms. The summed E-state index contributed by atoms with van der Waals surface area (Å²) in [5.41, 5.74) is 3.97. The molecule has 0 radical (unpaired) electrons. The lowest BCUT2D eigenvalue weighted by molar-refractivity contribution is 0.546. The molecule has 18 heavy (non-hydrogen) atoms. The molecule has 0 aliphatic heterocycles. The van der Waals surface area contributed by atoms with E-state index in [-0.39, 0.29) is 0 Å². The Morgan fingerprint density at radius 2 is 2.11 bits per heavy atom. The lowest BCUT2D eigenvalue weighted by atomic mass is 10.0. The second-order valence-electron chi connectivity index (χ2n) is 4.82. The maximum atomic E-state index is 4.07. The molecular formula is C14H20N4. The zero-order valence-corrected chi connectivity index (χ0v) is 11.4. The van der Waals surface area contributed by atoms with Gasteiger partial charge in [-0.3, -0.25) is 0 Å². The summed E-state index contributed by atoms with van der Waals surface area (Å²) in [7, 11) is 1.96. The first-order chi connectivity index (χ1) is 8.58. The molecule has 96 valence electrons. The van der Waals surface area contributed by atoms with Crippen molar-refractivity contribution in [2.45, 2.75) is 33.4 Å². The predicted molar refractivity (Wildman–Crippen MR) is 72.2 cm³/mol. The van der Waals surface area contributed by atoms with Gasteiger partial charge in [-0.25, -0.2) is 0 Å². The quantitative estimate of drug-likeness (QED) is 0.897. The Labute approximate surface area is 108 Å². The van der Waals surface area contributed by atoms with E-state index < -0.39 is 0 Å². The maximum Gasteiger partial charge on any atom is 0.146 e. The fourth-order valence-corrected chi connectivity index (χ4v) is 2.13. The Bertz CT molecular complexity index is 530. The lowest BCUT2D eigenvalue weighted by Gasteiger charge is -2.16.